The van der Waals surface area contributed by atoms with Crippen molar-refractivity contribution in [3.05, 3.63) is 64.7 Å². The first-order valence-corrected chi connectivity index (χ1v) is 8.46. The molecule has 2 aromatic rings. The van der Waals surface area contributed by atoms with Crippen LogP contribution in [-0.2, 0) is 16.1 Å². The normalized spacial score (nSPS) is 18.3. The first-order chi connectivity index (χ1) is 12.6. The number of carbonyl (C=O) groups is 3. The number of nitrogens with zero attached hydrogens (tertiary/aromatic N) is 1. The maximum absolute atomic E-state index is 12.7. The van der Waals surface area contributed by atoms with Crippen molar-refractivity contribution in [2.45, 2.75) is 25.2 Å². The van der Waals surface area contributed by atoms with Crippen LogP contribution in [0, 0.1) is 0 Å². The first-order valence-electron chi connectivity index (χ1n) is 8.46. The van der Waals surface area contributed by atoms with Gasteiger partial charge in [0.05, 0.1) is 24.2 Å². The molecule has 0 spiro atoms. The molecular weight excluding hydrogens is 334 g/mol. The van der Waals surface area contributed by atoms with E-state index in [-0.39, 0.29) is 11.1 Å². The quantitative estimate of drug-likeness (QED) is 0.795. The molecule has 0 radical (unpaired) electrons. The molecule has 1 atom stereocenters. The van der Waals surface area contributed by atoms with Gasteiger partial charge in [0.25, 0.3) is 11.8 Å². The number of methoxy groups -OCH3 is 1. The zero-order valence-corrected chi connectivity index (χ0v) is 14.2. The molecule has 2 aromatic carbocycles. The molecule has 26 heavy (non-hydrogen) atoms. The van der Waals surface area contributed by atoms with Crippen LogP contribution in [0.1, 0.15) is 50.6 Å². The molecule has 2 amide bonds. The van der Waals surface area contributed by atoms with Gasteiger partial charge in [-0.2, -0.15) is 0 Å². The topological polar surface area (TPSA) is 72.9 Å². The van der Waals surface area contributed by atoms with E-state index < -0.39 is 23.7 Å². The second-order valence-electron chi connectivity index (χ2n) is 6.37. The molecule has 1 aliphatic heterocycles. The van der Waals surface area contributed by atoms with Crippen LogP contribution in [0.2, 0.25) is 0 Å². The Kier molecular flexibility index (Phi) is 3.95. The first kappa shape index (κ1) is 16.3. The largest absolute Gasteiger partial charge is 0.497 e. The molecule has 4 rings (SSSR count). The van der Waals surface area contributed by atoms with E-state index in [1.54, 1.807) is 31.4 Å². The van der Waals surface area contributed by atoms with Crippen molar-refractivity contribution in [2.75, 3.05) is 7.11 Å². The third-order valence-electron chi connectivity index (χ3n) is 4.89. The molecule has 0 fully saturated rings. The smallest absolute Gasteiger partial charge is 0.340 e. The predicted octanol–water partition coefficient (Wildman–Crippen LogP) is 2.87. The Bertz CT molecular complexity index is 885. The third-order valence-corrected chi connectivity index (χ3v) is 4.89. The van der Waals surface area contributed by atoms with Crippen molar-refractivity contribution in [1.29, 1.82) is 0 Å². The Labute approximate surface area is 150 Å². The lowest BCUT2D eigenvalue weighted by atomic mass is 9.83. The van der Waals surface area contributed by atoms with E-state index in [4.69, 9.17) is 9.57 Å². The van der Waals surface area contributed by atoms with Crippen molar-refractivity contribution in [3.63, 3.8) is 0 Å². The summed E-state index contributed by atoms with van der Waals surface area (Å²) in [5.74, 6) is -1.70. The lowest BCUT2D eigenvalue weighted by Crippen LogP contribution is -2.35. The van der Waals surface area contributed by atoms with Crippen LogP contribution in [0.3, 0.4) is 0 Å². The van der Waals surface area contributed by atoms with Gasteiger partial charge in [-0.1, -0.05) is 23.3 Å². The molecule has 132 valence electrons. The Morgan fingerprint density at radius 2 is 1.77 bits per heavy atom. The monoisotopic (exact) mass is 351 g/mol. The molecule has 0 saturated carbocycles. The second-order valence-corrected chi connectivity index (χ2v) is 6.37. The number of hydrogen-bond acceptors (Lipinski definition) is 5. The number of aryl methyl sites for hydroxylation is 1. The molecule has 0 bridgehead atoms. The fourth-order valence-corrected chi connectivity index (χ4v) is 3.55. The summed E-state index contributed by atoms with van der Waals surface area (Å²) in [5, 5.41) is 0.571. The lowest BCUT2D eigenvalue weighted by Gasteiger charge is -2.25. The van der Waals surface area contributed by atoms with E-state index in [1.165, 1.54) is 0 Å². The van der Waals surface area contributed by atoms with Gasteiger partial charge in [0.1, 0.15) is 5.75 Å². The third kappa shape index (κ3) is 2.54. The summed E-state index contributed by atoms with van der Waals surface area (Å²) in [6, 6.07) is 12.0. The SMILES string of the molecule is COc1ccc2c(c1)C(C(=O)ON1C(=O)c3ccccc3C1=O)CCC2. The predicted molar refractivity (Wildman–Crippen MR) is 91.7 cm³/mol. The minimum Gasteiger partial charge on any atom is -0.497 e. The standard InChI is InChI=1S/C20H17NO5/c1-25-13-10-9-12-5-4-8-16(17(12)11-13)20(24)26-21-18(22)14-6-2-3-7-15(14)19(21)23/h2-3,6-7,9-11,16H,4-5,8H2,1H3. The van der Waals surface area contributed by atoms with Crippen LogP contribution in [0.15, 0.2) is 42.5 Å². The fraction of sp³-hybridized carbons (Fsp3) is 0.250. The van der Waals surface area contributed by atoms with Gasteiger partial charge in [-0.25, -0.2) is 4.79 Å². The van der Waals surface area contributed by atoms with Crippen molar-refractivity contribution in [1.82, 2.24) is 5.06 Å². The molecule has 6 heteroatoms. The van der Waals surface area contributed by atoms with Gasteiger partial charge in [-0.05, 0) is 54.7 Å². The zero-order valence-electron chi connectivity index (χ0n) is 14.2. The maximum Gasteiger partial charge on any atom is 0.340 e. The van der Waals surface area contributed by atoms with Gasteiger partial charge in [0.2, 0.25) is 0 Å². The number of benzene rings is 2. The van der Waals surface area contributed by atoms with Crippen molar-refractivity contribution >= 4 is 17.8 Å². The highest BCUT2D eigenvalue weighted by Gasteiger charge is 2.40. The highest BCUT2D eigenvalue weighted by Crippen LogP contribution is 2.35. The molecule has 1 aliphatic carbocycles. The van der Waals surface area contributed by atoms with Gasteiger partial charge >= 0.3 is 5.97 Å². The summed E-state index contributed by atoms with van der Waals surface area (Å²) in [6.45, 7) is 0. The molecule has 0 aromatic heterocycles. The summed E-state index contributed by atoms with van der Waals surface area (Å²) in [6.07, 6.45) is 2.31. The number of fused-ring (bicyclic) bond motifs is 2. The van der Waals surface area contributed by atoms with Crippen molar-refractivity contribution in [2.24, 2.45) is 0 Å². The summed E-state index contributed by atoms with van der Waals surface area (Å²) < 4.78 is 5.25. The molecule has 2 aliphatic rings. The summed E-state index contributed by atoms with van der Waals surface area (Å²) in [5.41, 5.74) is 2.38. The van der Waals surface area contributed by atoms with E-state index in [2.05, 4.69) is 0 Å². The second kappa shape index (κ2) is 6.29. The minimum atomic E-state index is -0.611. The number of rotatable bonds is 3. The van der Waals surface area contributed by atoms with E-state index in [0.29, 0.717) is 17.2 Å². The van der Waals surface area contributed by atoms with Crippen LogP contribution in [0.5, 0.6) is 5.75 Å². The van der Waals surface area contributed by atoms with E-state index in [1.807, 2.05) is 18.2 Å². The van der Waals surface area contributed by atoms with Gasteiger partial charge < -0.3 is 9.57 Å². The Hall–Kier alpha value is -3.15. The molecule has 1 heterocycles. The number of amides is 2. The van der Waals surface area contributed by atoms with Crippen LogP contribution in [0.4, 0.5) is 0 Å². The van der Waals surface area contributed by atoms with Crippen molar-refractivity contribution in [3.8, 4) is 5.75 Å². The molecular formula is C20H17NO5. The van der Waals surface area contributed by atoms with E-state index >= 15 is 0 Å². The Morgan fingerprint density at radius 1 is 1.08 bits per heavy atom. The summed E-state index contributed by atoms with van der Waals surface area (Å²) in [7, 11) is 1.57. The van der Waals surface area contributed by atoms with Crippen molar-refractivity contribution < 1.29 is 24.0 Å². The Balaban J connectivity index is 1.59. The van der Waals surface area contributed by atoms with Gasteiger partial charge in [-0.15, -0.1) is 0 Å². The molecule has 6 nitrogen and oxygen atoms in total. The molecule has 1 unspecified atom stereocenters. The zero-order chi connectivity index (χ0) is 18.3. The average molecular weight is 351 g/mol. The van der Waals surface area contributed by atoms with Crippen LogP contribution >= 0.6 is 0 Å². The summed E-state index contributed by atoms with van der Waals surface area (Å²) >= 11 is 0. The van der Waals surface area contributed by atoms with Crippen LogP contribution in [0.25, 0.3) is 0 Å². The number of imide groups is 1. The van der Waals surface area contributed by atoms with Crippen LogP contribution < -0.4 is 4.74 Å². The number of ether oxygens (including phenoxy) is 1. The summed E-state index contributed by atoms with van der Waals surface area (Å²) in [4.78, 5) is 42.8. The highest BCUT2D eigenvalue weighted by atomic mass is 16.7. The van der Waals surface area contributed by atoms with Gasteiger partial charge in [0, 0.05) is 0 Å². The fourth-order valence-electron chi connectivity index (χ4n) is 3.55. The highest BCUT2D eigenvalue weighted by molar-refractivity contribution is 6.20. The maximum atomic E-state index is 12.7. The minimum absolute atomic E-state index is 0.246. The number of hydrogen-bond donors (Lipinski definition) is 0. The number of carbonyl (C=O) groups excluding carboxylic acids is 3. The average Bonchev–Trinajstić information content (AvgIpc) is 2.92. The number of hydroxylamine groups is 2. The van der Waals surface area contributed by atoms with E-state index in [9.17, 15) is 14.4 Å². The van der Waals surface area contributed by atoms with E-state index in [0.717, 1.165) is 24.0 Å². The van der Waals surface area contributed by atoms with Crippen LogP contribution in [-0.4, -0.2) is 30.0 Å². The lowest BCUT2D eigenvalue weighted by molar-refractivity contribution is -0.170. The van der Waals surface area contributed by atoms with Gasteiger partial charge in [-0.3, -0.25) is 9.59 Å². The molecule has 0 N–H and O–H groups in total. The Morgan fingerprint density at radius 3 is 2.42 bits per heavy atom. The molecule has 0 saturated heterocycles. The van der Waals surface area contributed by atoms with Gasteiger partial charge in [0.15, 0.2) is 0 Å².